The first-order chi connectivity index (χ1) is 13.2. The van der Waals surface area contributed by atoms with Crippen LogP contribution in [0.1, 0.15) is 32.3 Å². The largest absolute Gasteiger partial charge is 0.369 e. The summed E-state index contributed by atoms with van der Waals surface area (Å²) in [5.41, 5.74) is 6.65. The third kappa shape index (κ3) is 5.30. The fraction of sp³-hybridized carbons (Fsp3) is 0.579. The third-order valence-electron chi connectivity index (χ3n) is 5.33. The summed E-state index contributed by atoms with van der Waals surface area (Å²) >= 11 is 0. The summed E-state index contributed by atoms with van der Waals surface area (Å²) in [6.45, 7) is 7.90. The van der Waals surface area contributed by atoms with Gasteiger partial charge in [0.25, 0.3) is 5.91 Å². The summed E-state index contributed by atoms with van der Waals surface area (Å²) in [6.07, 6.45) is 1.38. The molecule has 2 amide bonds. The van der Waals surface area contributed by atoms with Gasteiger partial charge in [0.1, 0.15) is 0 Å². The van der Waals surface area contributed by atoms with E-state index in [0.29, 0.717) is 31.6 Å². The molecule has 1 heterocycles. The maximum atomic E-state index is 12.7. The van der Waals surface area contributed by atoms with Crippen molar-refractivity contribution in [3.63, 3.8) is 0 Å². The predicted octanol–water partition coefficient (Wildman–Crippen LogP) is -0.256. The van der Waals surface area contributed by atoms with Crippen LogP contribution in [0.25, 0.3) is 0 Å². The molecule has 2 rings (SSSR count). The van der Waals surface area contributed by atoms with Gasteiger partial charge in [-0.1, -0.05) is 19.9 Å². The van der Waals surface area contributed by atoms with Gasteiger partial charge in [0.05, 0.1) is 18.0 Å². The number of hydrogen-bond donors (Lipinski definition) is 3. The standard InChI is InChI=1S/C19H30N4O4S/c1-4-23(5-2)28(26,27)16-7-6-14(3)17(12-16)21-18(24)13-22-10-8-15(9-11-22)19(20)25/h6-7,12,15H,4-5,8-11,13H2,1-3H3,(H2,20,25)(H,21,24)/p+1. The molecule has 156 valence electrons. The Kier molecular flexibility index (Phi) is 7.56. The number of piperidine rings is 1. The van der Waals surface area contributed by atoms with Crippen LogP contribution in [0.4, 0.5) is 5.69 Å². The summed E-state index contributed by atoms with van der Waals surface area (Å²) in [7, 11) is -3.58. The number of quaternary nitrogens is 1. The summed E-state index contributed by atoms with van der Waals surface area (Å²) in [5.74, 6) is -0.547. The normalized spacial score (nSPS) is 20.1. The van der Waals surface area contributed by atoms with Gasteiger partial charge in [-0.3, -0.25) is 9.59 Å². The Hall–Kier alpha value is -1.97. The van der Waals surface area contributed by atoms with Crippen molar-refractivity contribution < 1.29 is 22.9 Å². The van der Waals surface area contributed by atoms with E-state index in [1.54, 1.807) is 26.0 Å². The lowest BCUT2D eigenvalue weighted by atomic mass is 9.96. The van der Waals surface area contributed by atoms with E-state index in [0.717, 1.165) is 23.6 Å². The number of sulfonamides is 1. The molecule has 9 heteroatoms. The first kappa shape index (κ1) is 22.3. The van der Waals surface area contributed by atoms with Crippen molar-refractivity contribution in [3.8, 4) is 0 Å². The number of likely N-dealkylation sites (tertiary alicyclic amines) is 1. The summed E-state index contributed by atoms with van der Waals surface area (Å²) in [5, 5.41) is 2.84. The molecule has 1 aliphatic rings. The second-order valence-electron chi connectivity index (χ2n) is 7.22. The van der Waals surface area contributed by atoms with E-state index in [1.165, 1.54) is 10.4 Å². The zero-order chi connectivity index (χ0) is 20.9. The number of carbonyl (C=O) groups is 2. The molecule has 4 N–H and O–H groups in total. The second kappa shape index (κ2) is 9.49. The van der Waals surface area contributed by atoms with Gasteiger partial charge in [0.2, 0.25) is 15.9 Å². The topological polar surface area (TPSA) is 114 Å². The highest BCUT2D eigenvalue weighted by Crippen LogP contribution is 2.23. The van der Waals surface area contributed by atoms with Crippen molar-refractivity contribution in [1.82, 2.24) is 4.31 Å². The van der Waals surface area contributed by atoms with Gasteiger partial charge in [0, 0.05) is 37.5 Å². The SMILES string of the molecule is CCN(CC)S(=O)(=O)c1ccc(C)c(NC(=O)C[NH+]2CCC(C(N)=O)CC2)c1. The molecule has 1 aromatic rings. The Balaban J connectivity index is 2.06. The number of aryl methyl sites for hydroxylation is 1. The van der Waals surface area contributed by atoms with E-state index in [-0.39, 0.29) is 29.2 Å². The second-order valence-corrected chi connectivity index (χ2v) is 9.16. The summed E-state index contributed by atoms with van der Waals surface area (Å²) in [6, 6.07) is 4.80. The lowest BCUT2D eigenvalue weighted by Gasteiger charge is -2.27. The Morgan fingerprint density at radius 3 is 2.36 bits per heavy atom. The lowest BCUT2D eigenvalue weighted by Crippen LogP contribution is -3.14. The van der Waals surface area contributed by atoms with E-state index in [2.05, 4.69) is 5.32 Å². The third-order valence-corrected chi connectivity index (χ3v) is 7.38. The highest BCUT2D eigenvalue weighted by atomic mass is 32.2. The highest BCUT2D eigenvalue weighted by molar-refractivity contribution is 7.89. The Morgan fingerprint density at radius 1 is 1.21 bits per heavy atom. The zero-order valence-electron chi connectivity index (χ0n) is 16.8. The quantitative estimate of drug-likeness (QED) is 0.547. The predicted molar refractivity (Wildman–Crippen MR) is 107 cm³/mol. The molecule has 28 heavy (non-hydrogen) atoms. The van der Waals surface area contributed by atoms with E-state index in [1.807, 2.05) is 6.92 Å². The number of rotatable bonds is 8. The van der Waals surface area contributed by atoms with Crippen LogP contribution in [-0.2, 0) is 19.6 Å². The lowest BCUT2D eigenvalue weighted by molar-refractivity contribution is -0.897. The van der Waals surface area contributed by atoms with Gasteiger partial charge in [-0.15, -0.1) is 0 Å². The van der Waals surface area contributed by atoms with Crippen LogP contribution in [0.15, 0.2) is 23.1 Å². The molecule has 0 unspecified atom stereocenters. The molecule has 0 aromatic heterocycles. The van der Waals surface area contributed by atoms with Crippen molar-refractivity contribution in [2.75, 3.05) is 38.0 Å². The van der Waals surface area contributed by atoms with Crippen LogP contribution in [0.3, 0.4) is 0 Å². The number of benzene rings is 1. The van der Waals surface area contributed by atoms with E-state index < -0.39 is 10.0 Å². The molecular weight excluding hydrogens is 380 g/mol. The highest BCUT2D eigenvalue weighted by Gasteiger charge is 2.27. The first-order valence-electron chi connectivity index (χ1n) is 9.72. The fourth-order valence-corrected chi connectivity index (χ4v) is 5.00. The molecular formula is C19H31N4O4S+. The van der Waals surface area contributed by atoms with Gasteiger partial charge in [-0.05, 0) is 24.6 Å². The number of nitrogens with zero attached hydrogens (tertiary/aromatic N) is 1. The minimum absolute atomic E-state index is 0.101. The van der Waals surface area contributed by atoms with Crippen LogP contribution in [0.5, 0.6) is 0 Å². The van der Waals surface area contributed by atoms with Crippen molar-refractivity contribution >= 4 is 27.5 Å². The Labute approximate surface area is 167 Å². The minimum Gasteiger partial charge on any atom is -0.369 e. The summed E-state index contributed by atoms with van der Waals surface area (Å²) in [4.78, 5) is 25.0. The van der Waals surface area contributed by atoms with Gasteiger partial charge >= 0.3 is 0 Å². The Bertz CT molecular complexity index is 813. The van der Waals surface area contributed by atoms with Gasteiger partial charge < -0.3 is 16.0 Å². The first-order valence-corrected chi connectivity index (χ1v) is 11.2. The maximum absolute atomic E-state index is 12.7. The molecule has 1 aliphatic heterocycles. The number of carbonyl (C=O) groups excluding carboxylic acids is 2. The number of nitrogens with one attached hydrogen (secondary N) is 2. The van der Waals surface area contributed by atoms with Crippen LogP contribution >= 0.6 is 0 Å². The molecule has 1 aromatic carbocycles. The molecule has 0 spiro atoms. The molecule has 1 fully saturated rings. The van der Waals surface area contributed by atoms with Crippen molar-refractivity contribution in [3.05, 3.63) is 23.8 Å². The molecule has 0 atom stereocenters. The maximum Gasteiger partial charge on any atom is 0.279 e. The van der Waals surface area contributed by atoms with Gasteiger partial charge in [-0.2, -0.15) is 4.31 Å². The number of primary amides is 1. The van der Waals surface area contributed by atoms with Crippen LogP contribution < -0.4 is 16.0 Å². The van der Waals surface area contributed by atoms with Crippen molar-refractivity contribution in [2.45, 2.75) is 38.5 Å². The number of anilines is 1. The van der Waals surface area contributed by atoms with Crippen molar-refractivity contribution in [2.24, 2.45) is 11.7 Å². The number of amides is 2. The minimum atomic E-state index is -3.58. The molecule has 8 nitrogen and oxygen atoms in total. The molecule has 0 bridgehead atoms. The molecule has 0 radical (unpaired) electrons. The van der Waals surface area contributed by atoms with Gasteiger partial charge in [-0.25, -0.2) is 8.42 Å². The van der Waals surface area contributed by atoms with E-state index >= 15 is 0 Å². The van der Waals surface area contributed by atoms with Crippen LogP contribution in [0.2, 0.25) is 0 Å². The van der Waals surface area contributed by atoms with Gasteiger partial charge in [0.15, 0.2) is 6.54 Å². The molecule has 1 saturated heterocycles. The monoisotopic (exact) mass is 411 g/mol. The molecule has 0 aliphatic carbocycles. The fourth-order valence-electron chi connectivity index (χ4n) is 3.52. The van der Waals surface area contributed by atoms with E-state index in [9.17, 15) is 18.0 Å². The van der Waals surface area contributed by atoms with E-state index in [4.69, 9.17) is 5.73 Å². The van der Waals surface area contributed by atoms with Crippen molar-refractivity contribution in [1.29, 1.82) is 0 Å². The number of nitrogens with two attached hydrogens (primary N) is 1. The molecule has 0 saturated carbocycles. The zero-order valence-corrected chi connectivity index (χ0v) is 17.6. The number of hydrogen-bond acceptors (Lipinski definition) is 4. The average Bonchev–Trinajstić information content (AvgIpc) is 2.64. The Morgan fingerprint density at radius 2 is 1.82 bits per heavy atom. The smallest absolute Gasteiger partial charge is 0.279 e. The summed E-state index contributed by atoms with van der Waals surface area (Å²) < 4.78 is 26.8. The van der Waals surface area contributed by atoms with Crippen LogP contribution in [-0.4, -0.2) is 57.3 Å². The average molecular weight is 412 g/mol. The van der Waals surface area contributed by atoms with Crippen LogP contribution in [0, 0.1) is 12.8 Å².